The molecule has 19 heavy (non-hydrogen) atoms. The molecule has 0 amide bonds. The third-order valence-electron chi connectivity index (χ3n) is 2.34. The fourth-order valence-electron chi connectivity index (χ4n) is 1.37. The minimum absolute atomic E-state index is 0.0674. The van der Waals surface area contributed by atoms with E-state index >= 15 is 0 Å². The number of hydrogen-bond donors (Lipinski definition) is 2. The molecule has 0 aliphatic heterocycles. The number of aromatic hydroxyl groups is 1. The fourth-order valence-corrected chi connectivity index (χ4v) is 4.61. The van der Waals surface area contributed by atoms with Gasteiger partial charge in [0, 0.05) is 5.69 Å². The molecule has 0 aromatic carbocycles. The van der Waals surface area contributed by atoms with Crippen LogP contribution in [0.4, 0.5) is 5.82 Å². The van der Waals surface area contributed by atoms with Crippen molar-refractivity contribution in [1.82, 2.24) is 4.98 Å². The van der Waals surface area contributed by atoms with Crippen LogP contribution in [0.3, 0.4) is 0 Å². The summed E-state index contributed by atoms with van der Waals surface area (Å²) in [6.45, 7) is 3.52. The number of rotatable bonds is 3. The number of hydrogen-bond acceptors (Lipinski definition) is 5. The Bertz CT molecular complexity index is 706. The molecule has 2 heterocycles. The van der Waals surface area contributed by atoms with E-state index in [9.17, 15) is 13.5 Å². The van der Waals surface area contributed by atoms with E-state index in [1.165, 1.54) is 6.07 Å². The van der Waals surface area contributed by atoms with Gasteiger partial charge in [0.1, 0.15) is 4.21 Å². The number of aryl methyl sites for hydroxylation is 2. The molecule has 0 saturated carbocycles. The Morgan fingerprint density at radius 3 is 2.63 bits per heavy atom. The molecule has 2 rings (SSSR count). The van der Waals surface area contributed by atoms with Gasteiger partial charge in [0.25, 0.3) is 10.0 Å². The van der Waals surface area contributed by atoms with Crippen molar-refractivity contribution in [3.63, 3.8) is 0 Å². The molecule has 2 aromatic heterocycles. The molecule has 0 radical (unpaired) electrons. The zero-order valence-electron chi connectivity index (χ0n) is 10.1. The summed E-state index contributed by atoms with van der Waals surface area (Å²) in [6.07, 6.45) is 0. The molecule has 8 heteroatoms. The van der Waals surface area contributed by atoms with Crippen LogP contribution in [-0.4, -0.2) is 18.5 Å². The summed E-state index contributed by atoms with van der Waals surface area (Å²) in [5, 5.41) is 9.61. The average Bonchev–Trinajstić information content (AvgIpc) is 2.65. The quantitative estimate of drug-likeness (QED) is 0.879. The van der Waals surface area contributed by atoms with Gasteiger partial charge >= 0.3 is 0 Å². The van der Waals surface area contributed by atoms with E-state index in [0.29, 0.717) is 5.69 Å². The van der Waals surface area contributed by atoms with Crippen molar-refractivity contribution in [1.29, 1.82) is 0 Å². The lowest BCUT2D eigenvalue weighted by Gasteiger charge is -2.07. The summed E-state index contributed by atoms with van der Waals surface area (Å²) in [6, 6.07) is 4.55. The zero-order chi connectivity index (χ0) is 14.2. The SMILES string of the molecule is Cc1ccc(O)c(NS(=O)(=O)c2cc(C)c(Br)s2)n1. The maximum absolute atomic E-state index is 12.2. The number of thiophene rings is 1. The zero-order valence-corrected chi connectivity index (χ0v) is 13.4. The first-order chi connectivity index (χ1) is 8.79. The number of aromatic nitrogens is 1. The lowest BCUT2D eigenvalue weighted by Crippen LogP contribution is -2.13. The highest BCUT2D eigenvalue weighted by Crippen LogP contribution is 2.32. The second kappa shape index (κ2) is 5.10. The molecule has 0 saturated heterocycles. The van der Waals surface area contributed by atoms with Crippen molar-refractivity contribution in [3.8, 4) is 5.75 Å². The summed E-state index contributed by atoms with van der Waals surface area (Å²) in [7, 11) is -3.74. The minimum Gasteiger partial charge on any atom is -0.504 e. The van der Waals surface area contributed by atoms with E-state index < -0.39 is 10.0 Å². The van der Waals surface area contributed by atoms with Crippen LogP contribution in [0.15, 0.2) is 26.2 Å². The largest absolute Gasteiger partial charge is 0.504 e. The monoisotopic (exact) mass is 362 g/mol. The fraction of sp³-hybridized carbons (Fsp3) is 0.182. The van der Waals surface area contributed by atoms with Gasteiger partial charge in [0.2, 0.25) is 0 Å². The van der Waals surface area contributed by atoms with Gasteiger partial charge in [-0.3, -0.25) is 4.72 Å². The summed E-state index contributed by atoms with van der Waals surface area (Å²) in [5.41, 5.74) is 1.45. The Morgan fingerprint density at radius 2 is 2.05 bits per heavy atom. The maximum atomic E-state index is 12.2. The van der Waals surface area contributed by atoms with Crippen LogP contribution in [0.5, 0.6) is 5.75 Å². The van der Waals surface area contributed by atoms with E-state index in [1.807, 2.05) is 6.92 Å². The van der Waals surface area contributed by atoms with Crippen LogP contribution in [0, 0.1) is 13.8 Å². The highest BCUT2D eigenvalue weighted by Gasteiger charge is 2.20. The second-order valence-corrected chi connectivity index (χ2v) is 8.23. The molecule has 0 aliphatic rings. The molecule has 2 aromatic rings. The van der Waals surface area contributed by atoms with Crippen LogP contribution >= 0.6 is 27.3 Å². The van der Waals surface area contributed by atoms with Crippen LogP contribution in [-0.2, 0) is 10.0 Å². The Labute approximate surface area is 123 Å². The lowest BCUT2D eigenvalue weighted by atomic mass is 10.3. The predicted octanol–water partition coefficient (Wildman–Crippen LogP) is 3.03. The van der Waals surface area contributed by atoms with Gasteiger partial charge in [0.05, 0.1) is 3.79 Å². The summed E-state index contributed by atoms with van der Waals surface area (Å²) >= 11 is 4.39. The van der Waals surface area contributed by atoms with E-state index in [0.717, 1.165) is 20.7 Å². The standard InChI is InChI=1S/C11H11BrN2O3S2/c1-6-5-9(18-10(6)12)19(16,17)14-11-8(15)4-3-7(2)13-11/h3-5,15H,1-2H3,(H,13,14). The predicted molar refractivity (Wildman–Crippen MR) is 78.2 cm³/mol. The molecule has 2 N–H and O–H groups in total. The van der Waals surface area contributed by atoms with Crippen molar-refractivity contribution in [2.24, 2.45) is 0 Å². The topological polar surface area (TPSA) is 79.3 Å². The van der Waals surface area contributed by atoms with Gasteiger partial charge in [-0.05, 0) is 53.5 Å². The Kier molecular flexibility index (Phi) is 3.84. The molecule has 0 fully saturated rings. The summed E-state index contributed by atoms with van der Waals surface area (Å²) in [5.74, 6) is -0.274. The van der Waals surface area contributed by atoms with Gasteiger partial charge < -0.3 is 5.11 Å². The van der Waals surface area contributed by atoms with Crippen molar-refractivity contribution >= 4 is 43.1 Å². The first kappa shape index (κ1) is 14.3. The molecule has 0 spiro atoms. The first-order valence-corrected chi connectivity index (χ1v) is 8.34. The summed E-state index contributed by atoms with van der Waals surface area (Å²) < 4.78 is 27.5. The van der Waals surface area contributed by atoms with Crippen LogP contribution in [0.2, 0.25) is 0 Å². The van der Waals surface area contributed by atoms with E-state index in [1.54, 1.807) is 19.1 Å². The molecule has 102 valence electrons. The molecule has 0 unspecified atom stereocenters. The maximum Gasteiger partial charge on any atom is 0.272 e. The van der Waals surface area contributed by atoms with E-state index in [-0.39, 0.29) is 15.8 Å². The van der Waals surface area contributed by atoms with Gasteiger partial charge in [0.15, 0.2) is 11.6 Å². The highest BCUT2D eigenvalue weighted by molar-refractivity contribution is 9.11. The minimum atomic E-state index is -3.74. The number of nitrogens with zero attached hydrogens (tertiary/aromatic N) is 1. The van der Waals surface area contributed by atoms with Crippen molar-refractivity contribution in [2.45, 2.75) is 18.1 Å². The number of sulfonamides is 1. The smallest absolute Gasteiger partial charge is 0.272 e. The Balaban J connectivity index is 2.39. The van der Waals surface area contributed by atoms with E-state index in [4.69, 9.17) is 0 Å². The average molecular weight is 363 g/mol. The Morgan fingerprint density at radius 1 is 1.37 bits per heavy atom. The second-order valence-electron chi connectivity index (χ2n) is 3.95. The number of halogens is 1. The molecule has 0 aliphatic carbocycles. The van der Waals surface area contributed by atoms with Crippen molar-refractivity contribution in [3.05, 3.63) is 33.2 Å². The van der Waals surface area contributed by atoms with Crippen molar-refractivity contribution < 1.29 is 13.5 Å². The molecule has 5 nitrogen and oxygen atoms in total. The molecule has 0 atom stereocenters. The van der Waals surface area contributed by atoms with Crippen LogP contribution in [0.1, 0.15) is 11.3 Å². The van der Waals surface area contributed by atoms with Gasteiger partial charge in [-0.15, -0.1) is 11.3 Å². The summed E-state index contributed by atoms with van der Waals surface area (Å²) in [4.78, 5) is 3.97. The molecular weight excluding hydrogens is 352 g/mol. The van der Waals surface area contributed by atoms with Gasteiger partial charge in [-0.25, -0.2) is 13.4 Å². The third kappa shape index (κ3) is 3.07. The van der Waals surface area contributed by atoms with E-state index in [2.05, 4.69) is 25.6 Å². The van der Waals surface area contributed by atoms with Gasteiger partial charge in [-0.1, -0.05) is 0 Å². The van der Waals surface area contributed by atoms with Crippen LogP contribution < -0.4 is 4.72 Å². The number of anilines is 1. The highest BCUT2D eigenvalue weighted by atomic mass is 79.9. The van der Waals surface area contributed by atoms with Gasteiger partial charge in [-0.2, -0.15) is 0 Å². The first-order valence-electron chi connectivity index (χ1n) is 5.25. The lowest BCUT2D eigenvalue weighted by molar-refractivity contribution is 0.475. The Hall–Kier alpha value is -1.12. The third-order valence-corrected chi connectivity index (χ3v) is 6.29. The molecular formula is C11H11BrN2O3S2. The van der Waals surface area contributed by atoms with Crippen LogP contribution in [0.25, 0.3) is 0 Å². The number of pyridine rings is 1. The van der Waals surface area contributed by atoms with Crippen molar-refractivity contribution in [2.75, 3.05) is 4.72 Å². The normalized spacial score (nSPS) is 11.5. The molecule has 0 bridgehead atoms. The number of nitrogens with one attached hydrogen (secondary N) is 1.